The lowest BCUT2D eigenvalue weighted by Gasteiger charge is -2.12. The number of nitrogen functional groups attached to an aromatic ring is 1. The van der Waals surface area contributed by atoms with Crippen LogP contribution in [0.5, 0.6) is 0 Å². The van der Waals surface area contributed by atoms with Crippen molar-refractivity contribution >= 4 is 23.6 Å². The first-order valence-corrected chi connectivity index (χ1v) is 8.73. The van der Waals surface area contributed by atoms with E-state index in [0.29, 0.717) is 16.8 Å². The van der Waals surface area contributed by atoms with E-state index in [-0.39, 0.29) is 18.1 Å². The Bertz CT molecular complexity index is 986. The molecule has 6 heteroatoms. The summed E-state index contributed by atoms with van der Waals surface area (Å²) in [5, 5.41) is 5.48. The van der Waals surface area contributed by atoms with Crippen LogP contribution < -0.4 is 16.4 Å². The molecule has 1 heterocycles. The molecule has 2 amide bonds. The quantitative estimate of drug-likeness (QED) is 0.458. The van der Waals surface area contributed by atoms with Crippen LogP contribution in [0.4, 0.5) is 5.69 Å². The number of rotatable bonds is 6. The molecule has 140 valence electrons. The minimum Gasteiger partial charge on any atom is -0.398 e. The van der Waals surface area contributed by atoms with Gasteiger partial charge in [0.25, 0.3) is 11.8 Å². The predicted octanol–water partition coefficient (Wildman–Crippen LogP) is 2.75. The third-order valence-electron chi connectivity index (χ3n) is 4.02. The maximum absolute atomic E-state index is 12.7. The molecule has 0 fully saturated rings. The maximum atomic E-state index is 12.7. The Kier molecular flexibility index (Phi) is 6.15. The standard InChI is InChI=1S/C22H20N4O2/c23-19-11-5-4-10-18(19)15-25-22(28)20(13-16-7-6-12-24-14-16)26-21(27)17-8-2-1-3-9-17/h1-14H,15,23H2,(H,25,28)(H,26,27)/b20-13+. The number of pyridine rings is 1. The first kappa shape index (κ1) is 18.8. The minimum absolute atomic E-state index is 0.122. The highest BCUT2D eigenvalue weighted by Crippen LogP contribution is 2.11. The van der Waals surface area contributed by atoms with Crippen LogP contribution in [0.2, 0.25) is 0 Å². The number of nitrogens with zero attached hydrogens (tertiary/aromatic N) is 1. The molecule has 28 heavy (non-hydrogen) atoms. The average molecular weight is 372 g/mol. The van der Waals surface area contributed by atoms with Crippen molar-refractivity contribution in [3.8, 4) is 0 Å². The lowest BCUT2D eigenvalue weighted by Crippen LogP contribution is -2.34. The van der Waals surface area contributed by atoms with Gasteiger partial charge in [-0.05, 0) is 41.5 Å². The molecule has 0 bridgehead atoms. The molecule has 0 aliphatic carbocycles. The first-order valence-electron chi connectivity index (χ1n) is 8.73. The minimum atomic E-state index is -0.420. The molecule has 3 aromatic rings. The molecule has 6 nitrogen and oxygen atoms in total. The van der Waals surface area contributed by atoms with Gasteiger partial charge in [0.1, 0.15) is 5.70 Å². The van der Waals surface area contributed by atoms with Gasteiger partial charge in [0.05, 0.1) is 0 Å². The smallest absolute Gasteiger partial charge is 0.268 e. The number of carbonyl (C=O) groups excluding carboxylic acids is 2. The van der Waals surface area contributed by atoms with Gasteiger partial charge in [-0.3, -0.25) is 14.6 Å². The van der Waals surface area contributed by atoms with Gasteiger partial charge in [0.2, 0.25) is 0 Å². The van der Waals surface area contributed by atoms with E-state index >= 15 is 0 Å². The van der Waals surface area contributed by atoms with E-state index in [2.05, 4.69) is 15.6 Å². The molecule has 0 spiro atoms. The summed E-state index contributed by atoms with van der Waals surface area (Å²) in [6, 6.07) is 19.5. The Morgan fingerprint density at radius 2 is 1.71 bits per heavy atom. The van der Waals surface area contributed by atoms with E-state index in [1.54, 1.807) is 60.9 Å². The number of aromatic nitrogens is 1. The molecule has 2 aromatic carbocycles. The summed E-state index contributed by atoms with van der Waals surface area (Å²) in [6.07, 6.45) is 4.83. The molecule has 0 aliphatic rings. The molecule has 1 aromatic heterocycles. The molecule has 0 unspecified atom stereocenters. The highest BCUT2D eigenvalue weighted by Gasteiger charge is 2.15. The van der Waals surface area contributed by atoms with Crippen LogP contribution in [-0.2, 0) is 11.3 Å². The Morgan fingerprint density at radius 3 is 2.43 bits per heavy atom. The Hall–Kier alpha value is -3.93. The molecular weight excluding hydrogens is 352 g/mol. The van der Waals surface area contributed by atoms with Gasteiger partial charge in [-0.1, -0.05) is 42.5 Å². The van der Waals surface area contributed by atoms with Gasteiger partial charge in [-0.25, -0.2) is 0 Å². The van der Waals surface area contributed by atoms with Gasteiger partial charge >= 0.3 is 0 Å². The summed E-state index contributed by atoms with van der Waals surface area (Å²) < 4.78 is 0. The number of para-hydroxylation sites is 1. The second-order valence-corrected chi connectivity index (χ2v) is 6.05. The largest absolute Gasteiger partial charge is 0.398 e. The van der Waals surface area contributed by atoms with Crippen LogP contribution in [0.25, 0.3) is 6.08 Å². The summed E-state index contributed by atoms with van der Waals surface area (Å²) >= 11 is 0. The third-order valence-corrected chi connectivity index (χ3v) is 4.02. The van der Waals surface area contributed by atoms with Crippen LogP contribution >= 0.6 is 0 Å². The maximum Gasteiger partial charge on any atom is 0.268 e. The summed E-state index contributed by atoms with van der Waals surface area (Å²) in [5.74, 6) is -0.790. The van der Waals surface area contributed by atoms with Crippen LogP contribution in [-0.4, -0.2) is 16.8 Å². The van der Waals surface area contributed by atoms with Gasteiger partial charge in [-0.15, -0.1) is 0 Å². The zero-order valence-corrected chi connectivity index (χ0v) is 15.1. The van der Waals surface area contributed by atoms with Gasteiger partial charge < -0.3 is 16.4 Å². The fourth-order valence-corrected chi connectivity index (χ4v) is 2.54. The summed E-state index contributed by atoms with van der Waals surface area (Å²) in [6.45, 7) is 0.247. The first-order chi connectivity index (χ1) is 13.6. The van der Waals surface area contributed by atoms with Crippen molar-refractivity contribution in [2.45, 2.75) is 6.54 Å². The van der Waals surface area contributed by atoms with E-state index < -0.39 is 5.91 Å². The molecular formula is C22H20N4O2. The van der Waals surface area contributed by atoms with Crippen molar-refractivity contribution in [1.29, 1.82) is 0 Å². The van der Waals surface area contributed by atoms with E-state index in [1.165, 1.54) is 0 Å². The van der Waals surface area contributed by atoms with Crippen molar-refractivity contribution in [3.63, 3.8) is 0 Å². The van der Waals surface area contributed by atoms with Crippen molar-refractivity contribution < 1.29 is 9.59 Å². The lowest BCUT2D eigenvalue weighted by atomic mass is 10.1. The SMILES string of the molecule is Nc1ccccc1CNC(=O)/C(=C\c1cccnc1)NC(=O)c1ccccc1. The van der Waals surface area contributed by atoms with E-state index in [4.69, 9.17) is 5.73 Å². The number of nitrogens with one attached hydrogen (secondary N) is 2. The van der Waals surface area contributed by atoms with Crippen LogP contribution in [0.1, 0.15) is 21.5 Å². The number of carbonyl (C=O) groups is 2. The molecule has 0 saturated carbocycles. The van der Waals surface area contributed by atoms with Crippen LogP contribution in [0.15, 0.2) is 84.8 Å². The fraction of sp³-hybridized carbons (Fsp3) is 0.0455. The normalized spacial score (nSPS) is 10.9. The zero-order chi connectivity index (χ0) is 19.8. The van der Waals surface area contributed by atoms with E-state index in [9.17, 15) is 9.59 Å². The molecule has 0 radical (unpaired) electrons. The number of anilines is 1. The molecule has 4 N–H and O–H groups in total. The Balaban J connectivity index is 1.79. The van der Waals surface area contributed by atoms with Gasteiger partial charge in [0, 0.05) is 30.2 Å². The van der Waals surface area contributed by atoms with Crippen molar-refractivity contribution in [2.75, 3.05) is 5.73 Å². The van der Waals surface area contributed by atoms with E-state index in [1.807, 2.05) is 24.3 Å². The van der Waals surface area contributed by atoms with E-state index in [0.717, 1.165) is 5.56 Å². The van der Waals surface area contributed by atoms with Gasteiger partial charge in [-0.2, -0.15) is 0 Å². The Morgan fingerprint density at radius 1 is 0.964 bits per heavy atom. The number of amides is 2. The van der Waals surface area contributed by atoms with Crippen molar-refractivity contribution in [1.82, 2.24) is 15.6 Å². The summed E-state index contributed by atoms with van der Waals surface area (Å²) in [4.78, 5) is 29.3. The monoisotopic (exact) mass is 372 g/mol. The molecule has 3 rings (SSSR count). The van der Waals surface area contributed by atoms with Crippen LogP contribution in [0.3, 0.4) is 0 Å². The summed E-state index contributed by atoms with van der Waals surface area (Å²) in [5.41, 5.74) is 8.58. The molecule has 0 atom stereocenters. The highest BCUT2D eigenvalue weighted by atomic mass is 16.2. The second-order valence-electron chi connectivity index (χ2n) is 6.05. The Labute approximate surface area is 163 Å². The van der Waals surface area contributed by atoms with Gasteiger partial charge in [0.15, 0.2) is 0 Å². The molecule has 0 saturated heterocycles. The highest BCUT2D eigenvalue weighted by molar-refractivity contribution is 6.05. The molecule has 0 aliphatic heterocycles. The topological polar surface area (TPSA) is 97.1 Å². The number of hydrogen-bond acceptors (Lipinski definition) is 4. The number of hydrogen-bond donors (Lipinski definition) is 3. The number of benzene rings is 2. The second kappa shape index (κ2) is 9.14. The summed E-state index contributed by atoms with van der Waals surface area (Å²) in [7, 11) is 0. The predicted molar refractivity (Wildman–Crippen MR) is 109 cm³/mol. The van der Waals surface area contributed by atoms with Crippen molar-refractivity contribution in [3.05, 3.63) is 102 Å². The lowest BCUT2D eigenvalue weighted by molar-refractivity contribution is -0.117. The van der Waals surface area contributed by atoms with Crippen molar-refractivity contribution in [2.24, 2.45) is 0 Å². The van der Waals surface area contributed by atoms with Crippen LogP contribution in [0, 0.1) is 0 Å². The average Bonchev–Trinajstić information content (AvgIpc) is 2.74. The number of nitrogens with two attached hydrogens (primary N) is 1. The zero-order valence-electron chi connectivity index (χ0n) is 15.1. The fourth-order valence-electron chi connectivity index (χ4n) is 2.54. The third kappa shape index (κ3) is 5.04.